The van der Waals surface area contributed by atoms with Crippen molar-refractivity contribution < 1.29 is 9.50 Å². The van der Waals surface area contributed by atoms with Gasteiger partial charge in [0.1, 0.15) is 11.0 Å². The van der Waals surface area contributed by atoms with Crippen molar-refractivity contribution in [2.24, 2.45) is 0 Å². The second-order valence-corrected chi connectivity index (χ2v) is 4.59. The number of nitrogens with zero attached hydrogens (tertiary/aromatic N) is 1. The molecule has 0 saturated heterocycles. The van der Waals surface area contributed by atoms with Crippen LogP contribution >= 0.6 is 11.6 Å². The highest BCUT2D eigenvalue weighted by atomic mass is 35.5. The van der Waals surface area contributed by atoms with Crippen LogP contribution in [0.2, 0.25) is 5.15 Å². The Bertz CT molecular complexity index is 542. The van der Waals surface area contributed by atoms with Gasteiger partial charge in [-0.15, -0.1) is 0 Å². The highest BCUT2D eigenvalue weighted by Gasteiger charge is 2.11. The van der Waals surface area contributed by atoms with E-state index in [-0.39, 0.29) is 5.82 Å². The molecule has 1 aromatic carbocycles. The molecular weight excluding hydrogens is 253 g/mol. The van der Waals surface area contributed by atoms with E-state index in [0.717, 1.165) is 11.1 Å². The van der Waals surface area contributed by atoms with Crippen LogP contribution in [0.3, 0.4) is 0 Å². The van der Waals surface area contributed by atoms with Crippen molar-refractivity contribution in [1.29, 1.82) is 0 Å². The molecule has 1 N–H and O–H groups in total. The Morgan fingerprint density at radius 3 is 2.72 bits per heavy atom. The summed E-state index contributed by atoms with van der Waals surface area (Å²) in [6.45, 7) is 1.82. The fraction of sp³-hybridized carbons (Fsp3) is 0.214. The summed E-state index contributed by atoms with van der Waals surface area (Å²) < 4.78 is 13.0. The number of aliphatic hydroxyl groups is 1. The molecule has 0 radical (unpaired) electrons. The molecule has 0 aliphatic rings. The Kier molecular flexibility index (Phi) is 3.94. The summed E-state index contributed by atoms with van der Waals surface area (Å²) >= 11 is 5.68. The van der Waals surface area contributed by atoms with Crippen molar-refractivity contribution in [3.05, 3.63) is 64.2 Å². The lowest BCUT2D eigenvalue weighted by atomic mass is 9.99. The fourth-order valence-corrected chi connectivity index (χ4v) is 1.91. The number of pyridine rings is 1. The smallest absolute Gasteiger partial charge is 0.129 e. The molecule has 0 aliphatic carbocycles. The van der Waals surface area contributed by atoms with Gasteiger partial charge in [0.15, 0.2) is 0 Å². The average Bonchev–Trinajstić information content (AvgIpc) is 2.33. The summed E-state index contributed by atoms with van der Waals surface area (Å²) in [5.74, 6) is -0.265. The SMILES string of the molecule is Cc1cc(F)ccc1CC(O)c1ccc(Cl)nc1. The van der Waals surface area contributed by atoms with E-state index in [4.69, 9.17) is 11.6 Å². The summed E-state index contributed by atoms with van der Waals surface area (Å²) in [7, 11) is 0. The molecule has 1 atom stereocenters. The number of aliphatic hydroxyl groups excluding tert-OH is 1. The first-order chi connectivity index (χ1) is 8.56. The molecule has 0 aliphatic heterocycles. The largest absolute Gasteiger partial charge is 0.388 e. The number of aromatic nitrogens is 1. The number of rotatable bonds is 3. The maximum absolute atomic E-state index is 13.0. The van der Waals surface area contributed by atoms with Crippen LogP contribution in [-0.4, -0.2) is 10.1 Å². The van der Waals surface area contributed by atoms with Crippen LogP contribution in [0.5, 0.6) is 0 Å². The van der Waals surface area contributed by atoms with Gasteiger partial charge >= 0.3 is 0 Å². The van der Waals surface area contributed by atoms with Gasteiger partial charge in [-0.1, -0.05) is 23.7 Å². The first-order valence-corrected chi connectivity index (χ1v) is 5.98. The molecule has 0 amide bonds. The van der Waals surface area contributed by atoms with Crippen LogP contribution in [0.15, 0.2) is 36.5 Å². The zero-order valence-corrected chi connectivity index (χ0v) is 10.7. The van der Waals surface area contributed by atoms with Crippen LogP contribution in [0.1, 0.15) is 22.8 Å². The number of hydrogen-bond donors (Lipinski definition) is 1. The van der Waals surface area contributed by atoms with Crippen molar-refractivity contribution in [2.45, 2.75) is 19.4 Å². The minimum atomic E-state index is -0.668. The minimum Gasteiger partial charge on any atom is -0.388 e. The van der Waals surface area contributed by atoms with Crippen LogP contribution in [0.4, 0.5) is 4.39 Å². The first kappa shape index (κ1) is 13.0. The third-order valence-electron chi connectivity index (χ3n) is 2.85. The predicted octanol–water partition coefficient (Wildman–Crippen LogP) is 3.46. The van der Waals surface area contributed by atoms with Gasteiger partial charge < -0.3 is 5.11 Å². The summed E-state index contributed by atoms with van der Waals surface area (Å²) in [4.78, 5) is 3.92. The Balaban J connectivity index is 2.15. The van der Waals surface area contributed by atoms with Gasteiger partial charge in [-0.25, -0.2) is 9.37 Å². The van der Waals surface area contributed by atoms with Crippen LogP contribution in [0.25, 0.3) is 0 Å². The van der Waals surface area contributed by atoms with Crippen molar-refractivity contribution in [3.8, 4) is 0 Å². The molecule has 94 valence electrons. The summed E-state index contributed by atoms with van der Waals surface area (Å²) in [5.41, 5.74) is 2.44. The molecule has 4 heteroatoms. The summed E-state index contributed by atoms with van der Waals surface area (Å²) in [6, 6.07) is 7.92. The molecule has 0 fully saturated rings. The molecular formula is C14H13ClFNO. The van der Waals surface area contributed by atoms with E-state index < -0.39 is 6.10 Å². The number of benzene rings is 1. The fourth-order valence-electron chi connectivity index (χ4n) is 1.80. The van der Waals surface area contributed by atoms with Crippen LogP contribution in [0, 0.1) is 12.7 Å². The Morgan fingerprint density at radius 2 is 2.11 bits per heavy atom. The van der Waals surface area contributed by atoms with E-state index in [9.17, 15) is 9.50 Å². The number of hydrogen-bond acceptors (Lipinski definition) is 2. The topological polar surface area (TPSA) is 33.1 Å². The van der Waals surface area contributed by atoms with Crippen molar-refractivity contribution >= 4 is 11.6 Å². The van der Waals surface area contributed by atoms with E-state index in [0.29, 0.717) is 17.1 Å². The van der Waals surface area contributed by atoms with Crippen LogP contribution in [-0.2, 0) is 6.42 Å². The zero-order chi connectivity index (χ0) is 13.1. The Hall–Kier alpha value is -1.45. The molecule has 1 aromatic heterocycles. The van der Waals surface area contributed by atoms with E-state index in [1.165, 1.54) is 12.1 Å². The van der Waals surface area contributed by atoms with Gasteiger partial charge in [0.05, 0.1) is 6.10 Å². The van der Waals surface area contributed by atoms with Gasteiger partial charge in [0.25, 0.3) is 0 Å². The maximum Gasteiger partial charge on any atom is 0.129 e. The highest BCUT2D eigenvalue weighted by molar-refractivity contribution is 6.29. The monoisotopic (exact) mass is 265 g/mol. The molecule has 2 rings (SSSR count). The van der Waals surface area contributed by atoms with Gasteiger partial charge in [-0.05, 0) is 41.8 Å². The summed E-state index contributed by atoms with van der Waals surface area (Å²) in [6.07, 6.45) is 1.31. The number of halogens is 2. The van der Waals surface area contributed by atoms with Gasteiger partial charge in [-0.3, -0.25) is 0 Å². The van der Waals surface area contributed by atoms with E-state index in [2.05, 4.69) is 4.98 Å². The van der Waals surface area contributed by atoms with Crippen molar-refractivity contribution in [3.63, 3.8) is 0 Å². The Labute approximate surface area is 110 Å². The van der Waals surface area contributed by atoms with Gasteiger partial charge in [0.2, 0.25) is 0 Å². The molecule has 0 saturated carbocycles. The zero-order valence-electron chi connectivity index (χ0n) is 9.90. The normalized spacial score (nSPS) is 12.4. The van der Waals surface area contributed by atoms with Crippen molar-refractivity contribution in [1.82, 2.24) is 4.98 Å². The lowest BCUT2D eigenvalue weighted by Gasteiger charge is -2.12. The lowest BCUT2D eigenvalue weighted by Crippen LogP contribution is -2.04. The molecule has 1 unspecified atom stereocenters. The highest BCUT2D eigenvalue weighted by Crippen LogP contribution is 2.21. The number of aryl methyl sites for hydroxylation is 1. The molecule has 18 heavy (non-hydrogen) atoms. The summed E-state index contributed by atoms with van der Waals surface area (Å²) in [5, 5.41) is 10.5. The third kappa shape index (κ3) is 3.06. The maximum atomic E-state index is 13.0. The van der Waals surface area contributed by atoms with E-state index >= 15 is 0 Å². The van der Waals surface area contributed by atoms with Gasteiger partial charge in [-0.2, -0.15) is 0 Å². The van der Waals surface area contributed by atoms with E-state index in [1.807, 2.05) is 6.92 Å². The molecule has 2 nitrogen and oxygen atoms in total. The molecule has 0 bridgehead atoms. The lowest BCUT2D eigenvalue weighted by molar-refractivity contribution is 0.178. The second kappa shape index (κ2) is 5.46. The standard InChI is InChI=1S/C14H13ClFNO/c1-9-6-12(16)4-2-10(9)7-13(18)11-3-5-14(15)17-8-11/h2-6,8,13,18H,7H2,1H3. The predicted molar refractivity (Wildman–Crippen MR) is 69.0 cm³/mol. The third-order valence-corrected chi connectivity index (χ3v) is 3.08. The Morgan fingerprint density at radius 1 is 1.33 bits per heavy atom. The van der Waals surface area contributed by atoms with Gasteiger partial charge in [0, 0.05) is 12.6 Å². The van der Waals surface area contributed by atoms with E-state index in [1.54, 1.807) is 24.4 Å². The average molecular weight is 266 g/mol. The molecule has 2 aromatic rings. The second-order valence-electron chi connectivity index (χ2n) is 4.20. The minimum absolute atomic E-state index is 0.265. The molecule has 0 spiro atoms. The molecule has 1 heterocycles. The van der Waals surface area contributed by atoms with Crippen molar-refractivity contribution in [2.75, 3.05) is 0 Å². The first-order valence-electron chi connectivity index (χ1n) is 5.61. The van der Waals surface area contributed by atoms with Crippen LogP contribution < -0.4 is 0 Å². The quantitative estimate of drug-likeness (QED) is 0.862.